The first-order valence-electron chi connectivity index (χ1n) is 4.38. The fraction of sp³-hybridized carbons (Fsp3) is 0.778. The number of halogens is 1. The first-order chi connectivity index (χ1) is 6.27. The summed E-state index contributed by atoms with van der Waals surface area (Å²) in [6, 6.07) is 0. The second kappa shape index (κ2) is 9.99. The van der Waals surface area contributed by atoms with Gasteiger partial charge >= 0.3 is 0 Å². The average molecular weight is 208 g/mol. The highest BCUT2D eigenvalue weighted by atomic mass is 35.5. The summed E-state index contributed by atoms with van der Waals surface area (Å²) in [5, 5.41) is 3.71. The molecule has 0 heterocycles. The summed E-state index contributed by atoms with van der Waals surface area (Å²) in [6.45, 7) is 7.21. The van der Waals surface area contributed by atoms with Crippen LogP contribution in [0.4, 0.5) is 0 Å². The van der Waals surface area contributed by atoms with E-state index in [0.29, 0.717) is 18.2 Å². The minimum atomic E-state index is 0.624. The largest absolute Gasteiger partial charge is 0.385 e. The minimum absolute atomic E-state index is 0.624. The third-order valence-electron chi connectivity index (χ3n) is 1.38. The highest BCUT2D eigenvalue weighted by Crippen LogP contribution is 1.91. The van der Waals surface area contributed by atoms with Gasteiger partial charge in [0.1, 0.15) is 0 Å². The van der Waals surface area contributed by atoms with E-state index < -0.39 is 0 Å². The molecule has 0 aliphatic rings. The van der Waals surface area contributed by atoms with Crippen molar-refractivity contribution in [1.29, 1.82) is 0 Å². The Hall–Kier alpha value is -0.0900. The van der Waals surface area contributed by atoms with Crippen molar-refractivity contribution >= 4 is 11.6 Å². The Kier molecular flexibility index (Phi) is 9.92. The van der Waals surface area contributed by atoms with Gasteiger partial charge in [0, 0.05) is 38.4 Å². The van der Waals surface area contributed by atoms with Crippen LogP contribution in [0.25, 0.3) is 0 Å². The van der Waals surface area contributed by atoms with Crippen molar-refractivity contribution in [2.45, 2.75) is 6.42 Å². The van der Waals surface area contributed by atoms with Crippen LogP contribution in [0, 0.1) is 0 Å². The van der Waals surface area contributed by atoms with Gasteiger partial charge in [0.2, 0.25) is 0 Å². The van der Waals surface area contributed by atoms with Crippen LogP contribution < -0.4 is 5.32 Å². The van der Waals surface area contributed by atoms with E-state index in [4.69, 9.17) is 21.1 Å². The van der Waals surface area contributed by atoms with Gasteiger partial charge in [-0.3, -0.25) is 0 Å². The van der Waals surface area contributed by atoms with E-state index in [2.05, 4.69) is 11.9 Å². The van der Waals surface area contributed by atoms with Crippen molar-refractivity contribution in [3.8, 4) is 0 Å². The molecule has 0 aliphatic heterocycles. The molecule has 0 saturated heterocycles. The van der Waals surface area contributed by atoms with Crippen molar-refractivity contribution in [3.63, 3.8) is 0 Å². The Balaban J connectivity index is 2.87. The number of rotatable bonds is 9. The first kappa shape index (κ1) is 12.9. The Labute approximate surface area is 85.0 Å². The summed E-state index contributed by atoms with van der Waals surface area (Å²) in [7, 11) is 1.69. The van der Waals surface area contributed by atoms with Gasteiger partial charge in [-0.15, -0.1) is 0 Å². The van der Waals surface area contributed by atoms with E-state index in [9.17, 15) is 0 Å². The first-order valence-corrected chi connectivity index (χ1v) is 4.76. The van der Waals surface area contributed by atoms with Crippen LogP contribution in [-0.4, -0.2) is 40.0 Å². The summed E-state index contributed by atoms with van der Waals surface area (Å²) < 4.78 is 10.2. The maximum atomic E-state index is 5.54. The normalized spacial score (nSPS) is 10.3. The van der Waals surface area contributed by atoms with Crippen molar-refractivity contribution in [1.82, 2.24) is 5.32 Å². The standard InChI is InChI=1S/C9H18ClNO2/c1-9(10)8-11-4-7-13-6-3-5-12-2/h11H,1,3-8H2,2H3. The Bertz CT molecular complexity index is 131. The lowest BCUT2D eigenvalue weighted by molar-refractivity contribution is 0.105. The molecule has 0 fully saturated rings. The number of hydrogen-bond donors (Lipinski definition) is 1. The number of nitrogens with one attached hydrogen (secondary N) is 1. The lowest BCUT2D eigenvalue weighted by atomic mass is 10.5. The predicted octanol–water partition coefficient (Wildman–Crippen LogP) is 1.38. The molecule has 0 bridgehead atoms. The Morgan fingerprint density at radius 1 is 1.38 bits per heavy atom. The second-order valence-corrected chi connectivity index (χ2v) is 3.19. The van der Waals surface area contributed by atoms with E-state index in [0.717, 1.165) is 26.2 Å². The van der Waals surface area contributed by atoms with Crippen molar-refractivity contribution in [3.05, 3.63) is 11.6 Å². The third kappa shape index (κ3) is 11.9. The van der Waals surface area contributed by atoms with Crippen LogP contribution >= 0.6 is 11.6 Å². The molecule has 1 N–H and O–H groups in total. The van der Waals surface area contributed by atoms with E-state index in [1.807, 2.05) is 0 Å². The molecule has 13 heavy (non-hydrogen) atoms. The number of methoxy groups -OCH3 is 1. The van der Waals surface area contributed by atoms with Gasteiger partial charge in [-0.1, -0.05) is 18.2 Å². The zero-order valence-electron chi connectivity index (χ0n) is 8.14. The van der Waals surface area contributed by atoms with Crippen LogP contribution in [-0.2, 0) is 9.47 Å². The van der Waals surface area contributed by atoms with Crippen molar-refractivity contribution in [2.75, 3.05) is 40.0 Å². The van der Waals surface area contributed by atoms with Crippen LogP contribution in [0.2, 0.25) is 0 Å². The highest BCUT2D eigenvalue weighted by Gasteiger charge is 1.90. The summed E-state index contributed by atoms with van der Waals surface area (Å²) in [6.07, 6.45) is 0.943. The SMILES string of the molecule is C=C(Cl)CNCCOCCCOC. The molecule has 3 nitrogen and oxygen atoms in total. The summed E-state index contributed by atoms with van der Waals surface area (Å²) >= 11 is 5.54. The maximum absolute atomic E-state index is 5.54. The van der Waals surface area contributed by atoms with Crippen molar-refractivity contribution in [2.24, 2.45) is 0 Å². The molecule has 78 valence electrons. The topological polar surface area (TPSA) is 30.5 Å². The zero-order valence-corrected chi connectivity index (χ0v) is 8.90. The number of ether oxygens (including phenoxy) is 2. The Morgan fingerprint density at radius 2 is 2.15 bits per heavy atom. The van der Waals surface area contributed by atoms with Gasteiger partial charge in [-0.25, -0.2) is 0 Å². The van der Waals surface area contributed by atoms with Crippen molar-refractivity contribution < 1.29 is 9.47 Å². The molecule has 0 amide bonds. The average Bonchev–Trinajstić information content (AvgIpc) is 2.09. The van der Waals surface area contributed by atoms with Crippen LogP contribution in [0.15, 0.2) is 11.6 Å². The fourth-order valence-corrected chi connectivity index (χ4v) is 0.870. The minimum Gasteiger partial charge on any atom is -0.385 e. The Morgan fingerprint density at radius 3 is 2.77 bits per heavy atom. The molecule has 0 unspecified atom stereocenters. The maximum Gasteiger partial charge on any atom is 0.0591 e. The molecule has 0 rings (SSSR count). The molecular formula is C9H18ClNO2. The van der Waals surface area contributed by atoms with Gasteiger partial charge in [0.25, 0.3) is 0 Å². The fourth-order valence-electron chi connectivity index (χ4n) is 0.776. The van der Waals surface area contributed by atoms with Gasteiger partial charge < -0.3 is 14.8 Å². The van der Waals surface area contributed by atoms with Crippen LogP contribution in [0.5, 0.6) is 0 Å². The monoisotopic (exact) mass is 207 g/mol. The molecule has 0 spiro atoms. The van der Waals surface area contributed by atoms with Gasteiger partial charge in [-0.05, 0) is 6.42 Å². The lowest BCUT2D eigenvalue weighted by Gasteiger charge is -2.04. The molecule has 0 aromatic rings. The molecule has 4 heteroatoms. The second-order valence-electron chi connectivity index (χ2n) is 2.65. The van der Waals surface area contributed by atoms with Crippen LogP contribution in [0.1, 0.15) is 6.42 Å². The summed E-state index contributed by atoms with van der Waals surface area (Å²) in [5.74, 6) is 0. The smallest absolute Gasteiger partial charge is 0.0591 e. The number of hydrogen-bond acceptors (Lipinski definition) is 3. The van der Waals surface area contributed by atoms with E-state index >= 15 is 0 Å². The third-order valence-corrected chi connectivity index (χ3v) is 1.51. The van der Waals surface area contributed by atoms with Gasteiger partial charge in [-0.2, -0.15) is 0 Å². The summed E-state index contributed by atoms with van der Waals surface area (Å²) in [4.78, 5) is 0. The molecule has 0 radical (unpaired) electrons. The summed E-state index contributed by atoms with van der Waals surface area (Å²) in [5.41, 5.74) is 0. The zero-order chi connectivity index (χ0) is 9.94. The molecule has 0 atom stereocenters. The van der Waals surface area contributed by atoms with E-state index in [-0.39, 0.29) is 0 Å². The van der Waals surface area contributed by atoms with Gasteiger partial charge in [0.15, 0.2) is 0 Å². The molecule has 0 aromatic heterocycles. The van der Waals surface area contributed by atoms with Crippen LogP contribution in [0.3, 0.4) is 0 Å². The molecule has 0 aliphatic carbocycles. The quantitative estimate of drug-likeness (QED) is 0.580. The van der Waals surface area contributed by atoms with Gasteiger partial charge in [0.05, 0.1) is 6.61 Å². The van der Waals surface area contributed by atoms with E-state index in [1.54, 1.807) is 7.11 Å². The molecule has 0 aromatic carbocycles. The predicted molar refractivity (Wildman–Crippen MR) is 55.2 cm³/mol. The lowest BCUT2D eigenvalue weighted by Crippen LogP contribution is -2.21. The molecular weight excluding hydrogens is 190 g/mol. The molecule has 0 saturated carbocycles. The van der Waals surface area contributed by atoms with E-state index in [1.165, 1.54) is 0 Å². The highest BCUT2D eigenvalue weighted by molar-refractivity contribution is 6.29.